The Bertz CT molecular complexity index is 350. The second-order valence-electron chi connectivity index (χ2n) is 3.62. The van der Waals surface area contributed by atoms with E-state index < -0.39 is 0 Å². The zero-order valence-electron chi connectivity index (χ0n) is 10.6. The van der Waals surface area contributed by atoms with Gasteiger partial charge in [-0.3, -0.25) is 0 Å². The third-order valence-corrected chi connectivity index (χ3v) is 2.28. The van der Waals surface area contributed by atoms with Crippen LogP contribution in [0.3, 0.4) is 0 Å². The molecule has 0 bridgehead atoms. The number of allylic oxidation sites excluding steroid dienone is 1. The molecule has 0 amide bonds. The monoisotopic (exact) mass is 232 g/mol. The number of methoxy groups -OCH3 is 1. The zero-order valence-corrected chi connectivity index (χ0v) is 10.6. The van der Waals surface area contributed by atoms with Gasteiger partial charge >= 0.3 is 0 Å². The predicted octanol–water partition coefficient (Wildman–Crippen LogP) is 4.04. The van der Waals surface area contributed by atoms with Crippen molar-refractivity contribution in [1.82, 2.24) is 0 Å². The van der Waals surface area contributed by atoms with Gasteiger partial charge in [0.2, 0.25) is 0 Å². The van der Waals surface area contributed by atoms with Gasteiger partial charge in [-0.2, -0.15) is 0 Å². The predicted molar refractivity (Wildman–Crippen MR) is 72.0 cm³/mol. The highest BCUT2D eigenvalue weighted by Crippen LogP contribution is 2.12. The average Bonchev–Trinajstić information content (AvgIpc) is 2.38. The Kier molecular flexibility index (Phi) is 6.64. The average molecular weight is 232 g/mol. The van der Waals surface area contributed by atoms with Crippen molar-refractivity contribution in [2.75, 3.05) is 13.7 Å². The van der Waals surface area contributed by atoms with Gasteiger partial charge in [0.25, 0.3) is 0 Å². The third-order valence-electron chi connectivity index (χ3n) is 2.28. The minimum Gasteiger partial charge on any atom is -0.501 e. The summed E-state index contributed by atoms with van der Waals surface area (Å²) in [5, 5.41) is 0. The van der Waals surface area contributed by atoms with E-state index in [4.69, 9.17) is 9.47 Å². The summed E-state index contributed by atoms with van der Waals surface area (Å²) in [6, 6.07) is 7.86. The summed E-state index contributed by atoms with van der Waals surface area (Å²) < 4.78 is 10.5. The molecule has 2 heteroatoms. The lowest BCUT2D eigenvalue weighted by Crippen LogP contribution is -1.84. The van der Waals surface area contributed by atoms with Gasteiger partial charge in [-0.25, -0.2) is 0 Å². The molecule has 2 nitrogen and oxygen atoms in total. The first-order valence-corrected chi connectivity index (χ1v) is 5.94. The fourth-order valence-electron chi connectivity index (χ4n) is 1.33. The molecule has 92 valence electrons. The summed E-state index contributed by atoms with van der Waals surface area (Å²) in [4.78, 5) is 0. The van der Waals surface area contributed by atoms with E-state index in [-0.39, 0.29) is 0 Å². The number of benzene rings is 1. The van der Waals surface area contributed by atoms with E-state index in [0.717, 1.165) is 30.8 Å². The molecule has 0 aromatic heterocycles. The van der Waals surface area contributed by atoms with Crippen LogP contribution in [0.2, 0.25) is 0 Å². The highest BCUT2D eigenvalue weighted by molar-refractivity contribution is 5.49. The maximum Gasteiger partial charge on any atom is 0.118 e. The second-order valence-corrected chi connectivity index (χ2v) is 3.62. The minimum atomic E-state index is 0.725. The quantitative estimate of drug-likeness (QED) is 0.401. The third kappa shape index (κ3) is 5.81. The second kappa shape index (κ2) is 8.45. The highest BCUT2D eigenvalue weighted by Gasteiger charge is 1.89. The van der Waals surface area contributed by atoms with Gasteiger partial charge in [-0.05, 0) is 36.6 Å². The molecule has 0 radical (unpaired) electrons. The number of hydrogen-bond donors (Lipinski definition) is 0. The van der Waals surface area contributed by atoms with Crippen molar-refractivity contribution in [3.05, 3.63) is 48.2 Å². The molecule has 0 heterocycles. The number of rotatable bonds is 7. The molecule has 0 saturated heterocycles. The van der Waals surface area contributed by atoms with Crippen molar-refractivity contribution < 1.29 is 9.47 Å². The van der Waals surface area contributed by atoms with Crippen molar-refractivity contribution in [1.29, 1.82) is 0 Å². The topological polar surface area (TPSA) is 18.5 Å². The Balaban J connectivity index is 2.25. The standard InChI is InChI=1S/C15H20O2/c1-3-4-5-6-12-17-13-11-14-7-9-15(16-2)10-8-14/h4-5,7-11,13H,3,6,12H2,1-2H3/b5-4-,13-11?. The van der Waals surface area contributed by atoms with Crippen LogP contribution in [0.15, 0.2) is 42.7 Å². The lowest BCUT2D eigenvalue weighted by molar-refractivity contribution is 0.258. The van der Waals surface area contributed by atoms with Crippen LogP contribution in [0.4, 0.5) is 0 Å². The summed E-state index contributed by atoms with van der Waals surface area (Å²) in [6.45, 7) is 2.85. The van der Waals surface area contributed by atoms with Crippen molar-refractivity contribution in [2.24, 2.45) is 0 Å². The largest absolute Gasteiger partial charge is 0.501 e. The van der Waals surface area contributed by atoms with E-state index >= 15 is 0 Å². The van der Waals surface area contributed by atoms with Crippen LogP contribution in [0, 0.1) is 0 Å². The molecule has 0 atom stereocenters. The Labute approximate surface area is 104 Å². The van der Waals surface area contributed by atoms with Crippen LogP contribution in [0.1, 0.15) is 25.3 Å². The lowest BCUT2D eigenvalue weighted by Gasteiger charge is -1.99. The smallest absolute Gasteiger partial charge is 0.118 e. The molecule has 0 fully saturated rings. The molecule has 0 aliphatic heterocycles. The molecule has 0 aliphatic rings. The van der Waals surface area contributed by atoms with Gasteiger partial charge in [-0.15, -0.1) is 0 Å². The molecular weight excluding hydrogens is 212 g/mol. The van der Waals surface area contributed by atoms with Crippen molar-refractivity contribution in [3.63, 3.8) is 0 Å². The summed E-state index contributed by atoms with van der Waals surface area (Å²) in [7, 11) is 1.66. The van der Waals surface area contributed by atoms with Crippen LogP contribution in [0.5, 0.6) is 5.75 Å². The first kappa shape index (κ1) is 13.4. The fraction of sp³-hybridized carbons (Fsp3) is 0.333. The highest BCUT2D eigenvalue weighted by atomic mass is 16.5. The van der Waals surface area contributed by atoms with Crippen LogP contribution >= 0.6 is 0 Å². The van der Waals surface area contributed by atoms with E-state index in [1.807, 2.05) is 30.3 Å². The first-order valence-electron chi connectivity index (χ1n) is 5.94. The summed E-state index contributed by atoms with van der Waals surface area (Å²) in [5.74, 6) is 0.868. The summed E-state index contributed by atoms with van der Waals surface area (Å²) in [6.07, 6.45) is 10.0. The van der Waals surface area contributed by atoms with Gasteiger partial charge < -0.3 is 9.47 Å². The van der Waals surface area contributed by atoms with Crippen LogP contribution < -0.4 is 4.74 Å². The van der Waals surface area contributed by atoms with Crippen molar-refractivity contribution in [3.8, 4) is 5.75 Å². The normalized spacial score (nSPS) is 11.2. The maximum absolute atomic E-state index is 5.38. The maximum atomic E-state index is 5.38. The van der Waals surface area contributed by atoms with E-state index in [9.17, 15) is 0 Å². The molecule has 0 spiro atoms. The molecular formula is C15H20O2. The minimum absolute atomic E-state index is 0.725. The van der Waals surface area contributed by atoms with E-state index in [2.05, 4.69) is 19.1 Å². The SMILES string of the molecule is CC/C=C\CCOC=Cc1ccc(OC)cc1. The van der Waals surface area contributed by atoms with Crippen molar-refractivity contribution >= 4 is 6.08 Å². The van der Waals surface area contributed by atoms with Gasteiger partial charge in [0.1, 0.15) is 5.75 Å². The Morgan fingerprint density at radius 1 is 1.12 bits per heavy atom. The molecule has 1 rings (SSSR count). The molecule has 0 unspecified atom stereocenters. The Hall–Kier alpha value is -1.70. The van der Waals surface area contributed by atoms with Gasteiger partial charge in [0.15, 0.2) is 0 Å². The summed E-state index contributed by atoms with van der Waals surface area (Å²) >= 11 is 0. The van der Waals surface area contributed by atoms with Crippen LogP contribution in [-0.4, -0.2) is 13.7 Å². The molecule has 17 heavy (non-hydrogen) atoms. The molecule has 0 saturated carbocycles. The molecule has 0 aliphatic carbocycles. The zero-order chi connectivity index (χ0) is 12.3. The van der Waals surface area contributed by atoms with Gasteiger partial charge in [-0.1, -0.05) is 31.2 Å². The van der Waals surface area contributed by atoms with E-state index in [1.165, 1.54) is 0 Å². The van der Waals surface area contributed by atoms with E-state index in [0.29, 0.717) is 0 Å². The molecule has 1 aromatic carbocycles. The number of ether oxygens (including phenoxy) is 2. The summed E-state index contributed by atoms with van der Waals surface area (Å²) in [5.41, 5.74) is 1.11. The fourth-order valence-corrected chi connectivity index (χ4v) is 1.33. The van der Waals surface area contributed by atoms with E-state index in [1.54, 1.807) is 13.4 Å². The van der Waals surface area contributed by atoms with Gasteiger partial charge in [0.05, 0.1) is 20.0 Å². The first-order chi connectivity index (χ1) is 8.36. The molecule has 0 N–H and O–H groups in total. The Morgan fingerprint density at radius 3 is 2.53 bits per heavy atom. The molecule has 1 aromatic rings. The van der Waals surface area contributed by atoms with Gasteiger partial charge in [0, 0.05) is 0 Å². The van der Waals surface area contributed by atoms with Crippen LogP contribution in [0.25, 0.3) is 6.08 Å². The van der Waals surface area contributed by atoms with Crippen LogP contribution in [-0.2, 0) is 4.74 Å². The number of hydrogen-bond acceptors (Lipinski definition) is 2. The van der Waals surface area contributed by atoms with Crippen molar-refractivity contribution in [2.45, 2.75) is 19.8 Å². The Morgan fingerprint density at radius 2 is 1.88 bits per heavy atom. The lowest BCUT2D eigenvalue weighted by atomic mass is 10.2.